The van der Waals surface area contributed by atoms with Crippen molar-refractivity contribution in [3.05, 3.63) is 40.7 Å². The first-order valence-electron chi connectivity index (χ1n) is 7.42. The van der Waals surface area contributed by atoms with Crippen molar-refractivity contribution in [3.8, 4) is 5.75 Å². The third kappa shape index (κ3) is 3.47. The fourth-order valence-corrected chi connectivity index (χ4v) is 3.33. The molecule has 5 heteroatoms. The van der Waals surface area contributed by atoms with Gasteiger partial charge >= 0.3 is 0 Å². The van der Waals surface area contributed by atoms with Crippen LogP contribution in [0.15, 0.2) is 23.1 Å². The first kappa shape index (κ1) is 16.9. The fraction of sp³-hybridized carbons (Fsp3) is 0.471. The van der Waals surface area contributed by atoms with Crippen LogP contribution in [0.4, 0.5) is 0 Å². The van der Waals surface area contributed by atoms with E-state index in [0.29, 0.717) is 0 Å². The lowest BCUT2D eigenvalue weighted by Gasteiger charge is -2.16. The highest BCUT2D eigenvalue weighted by Gasteiger charge is 2.16. The van der Waals surface area contributed by atoms with Crippen molar-refractivity contribution in [3.63, 3.8) is 0 Å². The molecule has 0 aliphatic rings. The number of rotatable bonds is 6. The van der Waals surface area contributed by atoms with Gasteiger partial charge in [-0.25, -0.2) is 0 Å². The molecule has 0 aliphatic carbocycles. The molecule has 0 spiro atoms. The maximum Gasteiger partial charge on any atom is 0.132 e. The van der Waals surface area contributed by atoms with Crippen molar-refractivity contribution in [1.29, 1.82) is 0 Å². The summed E-state index contributed by atoms with van der Waals surface area (Å²) in [5.41, 5.74) is 4.82. The average Bonchev–Trinajstić information content (AvgIpc) is 2.77. The van der Waals surface area contributed by atoms with Gasteiger partial charge in [-0.05, 0) is 44.7 Å². The minimum Gasteiger partial charge on any atom is -0.496 e. The maximum atomic E-state index is 5.45. The highest BCUT2D eigenvalue weighted by atomic mass is 32.2. The summed E-state index contributed by atoms with van der Waals surface area (Å²) in [5.74, 6) is 0.938. The first-order chi connectivity index (χ1) is 10.5. The van der Waals surface area contributed by atoms with Crippen LogP contribution >= 0.6 is 11.8 Å². The molecule has 22 heavy (non-hydrogen) atoms. The summed E-state index contributed by atoms with van der Waals surface area (Å²) in [6.07, 6.45) is 2.06. The second-order valence-corrected chi connectivity index (χ2v) is 6.35. The maximum absolute atomic E-state index is 5.45. The predicted molar refractivity (Wildman–Crippen MR) is 92.7 cm³/mol. The molecule has 0 amide bonds. The normalized spacial score (nSPS) is 12.5. The van der Waals surface area contributed by atoms with Crippen LogP contribution in [0.1, 0.15) is 35.5 Å². The first-order valence-corrected chi connectivity index (χ1v) is 8.64. The number of hydrogen-bond donors (Lipinski definition) is 1. The summed E-state index contributed by atoms with van der Waals surface area (Å²) >= 11 is 1.70. The highest BCUT2D eigenvalue weighted by Crippen LogP contribution is 2.28. The third-order valence-corrected chi connectivity index (χ3v) is 4.84. The Kier molecular flexibility index (Phi) is 5.53. The van der Waals surface area contributed by atoms with Gasteiger partial charge in [-0.1, -0.05) is 6.07 Å². The van der Waals surface area contributed by atoms with E-state index in [-0.39, 0.29) is 6.04 Å². The Morgan fingerprint density at radius 1 is 1.36 bits per heavy atom. The standard InChI is InChI=1S/C17H25N3OS/c1-11(17-12(2)19-20(4)13(17)3)18-10-14-7-8-16(22-6)15(9-14)21-5/h7-9,11,18H,10H2,1-6H3/t11-/m0/s1. The molecule has 120 valence electrons. The summed E-state index contributed by atoms with van der Waals surface area (Å²) in [6.45, 7) is 7.17. The number of aromatic nitrogens is 2. The van der Waals surface area contributed by atoms with Gasteiger partial charge in [-0.2, -0.15) is 5.10 Å². The third-order valence-electron chi connectivity index (χ3n) is 4.06. The Bertz CT molecular complexity index is 652. The Labute approximate surface area is 137 Å². The lowest BCUT2D eigenvalue weighted by Crippen LogP contribution is -2.19. The van der Waals surface area contributed by atoms with Gasteiger partial charge in [-0.3, -0.25) is 4.68 Å². The lowest BCUT2D eigenvalue weighted by atomic mass is 10.1. The SMILES string of the molecule is COc1cc(CN[C@@H](C)c2c(C)nn(C)c2C)ccc1SC. The largest absolute Gasteiger partial charge is 0.496 e. The molecule has 2 rings (SSSR count). The molecule has 1 atom stereocenters. The quantitative estimate of drug-likeness (QED) is 0.826. The van der Waals surface area contributed by atoms with Gasteiger partial charge in [0.25, 0.3) is 0 Å². The van der Waals surface area contributed by atoms with Crippen molar-refractivity contribution in [2.45, 2.75) is 38.3 Å². The van der Waals surface area contributed by atoms with Crippen molar-refractivity contribution in [1.82, 2.24) is 15.1 Å². The van der Waals surface area contributed by atoms with E-state index in [1.54, 1.807) is 18.9 Å². The lowest BCUT2D eigenvalue weighted by molar-refractivity contribution is 0.404. The molecule has 0 aliphatic heterocycles. The minimum absolute atomic E-state index is 0.264. The van der Waals surface area contributed by atoms with Crippen LogP contribution in [0, 0.1) is 13.8 Å². The monoisotopic (exact) mass is 319 g/mol. The summed E-state index contributed by atoms with van der Waals surface area (Å²) in [5, 5.41) is 8.07. The topological polar surface area (TPSA) is 39.1 Å². The highest BCUT2D eigenvalue weighted by molar-refractivity contribution is 7.98. The molecule has 1 heterocycles. The molecule has 0 fully saturated rings. The van der Waals surface area contributed by atoms with E-state index >= 15 is 0 Å². The molecule has 4 nitrogen and oxygen atoms in total. The van der Waals surface area contributed by atoms with Crippen LogP contribution < -0.4 is 10.1 Å². The van der Waals surface area contributed by atoms with Crippen LogP contribution in [-0.2, 0) is 13.6 Å². The summed E-state index contributed by atoms with van der Waals surface area (Å²) in [4.78, 5) is 1.17. The molecule has 0 saturated carbocycles. The average molecular weight is 319 g/mol. The van der Waals surface area contributed by atoms with Crippen LogP contribution in [0.3, 0.4) is 0 Å². The summed E-state index contributed by atoms with van der Waals surface area (Å²) in [6, 6.07) is 6.64. The van der Waals surface area contributed by atoms with E-state index in [1.165, 1.54) is 21.7 Å². The molecule has 0 bridgehead atoms. The van der Waals surface area contributed by atoms with Gasteiger partial charge in [-0.15, -0.1) is 11.8 Å². The van der Waals surface area contributed by atoms with E-state index in [4.69, 9.17) is 4.74 Å². The van der Waals surface area contributed by atoms with Gasteiger partial charge in [0.15, 0.2) is 0 Å². The van der Waals surface area contributed by atoms with Crippen molar-refractivity contribution >= 4 is 11.8 Å². The molecule has 1 N–H and O–H groups in total. The number of nitrogens with one attached hydrogen (secondary N) is 1. The van der Waals surface area contributed by atoms with Gasteiger partial charge in [0.2, 0.25) is 0 Å². The predicted octanol–water partition coefficient (Wildman–Crippen LogP) is 3.62. The summed E-state index contributed by atoms with van der Waals surface area (Å²) in [7, 11) is 3.71. The van der Waals surface area contributed by atoms with E-state index in [0.717, 1.165) is 18.0 Å². The molecular weight excluding hydrogens is 294 g/mol. The number of methoxy groups -OCH3 is 1. The Morgan fingerprint density at radius 2 is 2.09 bits per heavy atom. The van der Waals surface area contributed by atoms with Crippen molar-refractivity contribution in [2.24, 2.45) is 7.05 Å². The fourth-order valence-electron chi connectivity index (χ4n) is 2.78. The molecule has 1 aromatic heterocycles. The van der Waals surface area contributed by atoms with Gasteiger partial charge < -0.3 is 10.1 Å². The number of ether oxygens (including phenoxy) is 1. The number of nitrogens with zero attached hydrogens (tertiary/aromatic N) is 2. The number of thioether (sulfide) groups is 1. The van der Waals surface area contributed by atoms with Gasteiger partial charge in [0.05, 0.1) is 12.8 Å². The zero-order chi connectivity index (χ0) is 16.3. The van der Waals surface area contributed by atoms with E-state index < -0.39 is 0 Å². The van der Waals surface area contributed by atoms with Crippen molar-refractivity contribution < 1.29 is 4.74 Å². The molecule has 0 unspecified atom stereocenters. The van der Waals surface area contributed by atoms with Crippen LogP contribution in [0.2, 0.25) is 0 Å². The minimum atomic E-state index is 0.264. The molecule has 0 saturated heterocycles. The molecule has 0 radical (unpaired) electrons. The Hall–Kier alpha value is -1.46. The number of aryl methyl sites for hydroxylation is 2. The van der Waals surface area contributed by atoms with Crippen LogP contribution in [0.5, 0.6) is 5.75 Å². The van der Waals surface area contributed by atoms with Crippen LogP contribution in [0.25, 0.3) is 0 Å². The molecule has 2 aromatic rings. The number of benzene rings is 1. The zero-order valence-corrected chi connectivity index (χ0v) is 15.0. The zero-order valence-electron chi connectivity index (χ0n) is 14.2. The molecular formula is C17H25N3OS. The molecule has 1 aromatic carbocycles. The second-order valence-electron chi connectivity index (χ2n) is 5.50. The van der Waals surface area contributed by atoms with E-state index in [1.807, 2.05) is 11.7 Å². The van der Waals surface area contributed by atoms with E-state index in [9.17, 15) is 0 Å². The smallest absolute Gasteiger partial charge is 0.132 e. The second kappa shape index (κ2) is 7.20. The Balaban J connectivity index is 2.09. The Morgan fingerprint density at radius 3 is 2.64 bits per heavy atom. The van der Waals surface area contributed by atoms with Gasteiger partial charge in [0.1, 0.15) is 5.75 Å². The van der Waals surface area contributed by atoms with E-state index in [2.05, 4.69) is 55.6 Å². The van der Waals surface area contributed by atoms with Crippen LogP contribution in [-0.4, -0.2) is 23.1 Å². The van der Waals surface area contributed by atoms with Gasteiger partial charge in [0, 0.05) is 35.8 Å². The summed E-state index contributed by atoms with van der Waals surface area (Å²) < 4.78 is 7.39. The number of hydrogen-bond acceptors (Lipinski definition) is 4. The van der Waals surface area contributed by atoms with Crippen molar-refractivity contribution in [2.75, 3.05) is 13.4 Å².